The van der Waals surface area contributed by atoms with Gasteiger partial charge in [0.25, 0.3) is 0 Å². The number of rotatable bonds is 11. The molecule has 0 heterocycles. The molecule has 0 saturated heterocycles. The first-order valence-electron chi connectivity index (χ1n) is 9.47. The Kier molecular flexibility index (Phi) is 9.48. The van der Waals surface area contributed by atoms with Crippen LogP contribution in [-0.2, 0) is 20.7 Å². The normalized spacial score (nSPS) is 12.2. The van der Waals surface area contributed by atoms with E-state index < -0.39 is 41.2 Å². The van der Waals surface area contributed by atoms with Crippen molar-refractivity contribution < 1.29 is 37.7 Å². The lowest BCUT2D eigenvalue weighted by Crippen LogP contribution is -2.42. The molecule has 10 heteroatoms. The summed E-state index contributed by atoms with van der Waals surface area (Å²) in [5.41, 5.74) is 4.37. The Bertz CT molecular complexity index is 764. The van der Waals surface area contributed by atoms with E-state index in [1.54, 1.807) is 20.8 Å². The van der Waals surface area contributed by atoms with Crippen molar-refractivity contribution in [2.24, 2.45) is 5.73 Å². The Morgan fingerprint density at radius 2 is 1.87 bits per heavy atom. The molecule has 168 valence electrons. The van der Waals surface area contributed by atoms with Crippen LogP contribution >= 0.6 is 0 Å². The number of carbonyl (C=O) groups is 3. The lowest BCUT2D eigenvalue weighted by molar-refractivity contribution is -0.137. The number of carboxylic acid groups (broad SMARTS) is 1. The van der Waals surface area contributed by atoms with E-state index in [9.17, 15) is 23.2 Å². The molecular formula is C20H28F2N2O6. The fourth-order valence-corrected chi connectivity index (χ4v) is 2.51. The molecule has 1 rings (SSSR count). The third-order valence-corrected chi connectivity index (χ3v) is 3.82. The number of benzene rings is 1. The highest BCUT2D eigenvalue weighted by Crippen LogP contribution is 2.24. The average Bonchev–Trinajstić information content (AvgIpc) is 2.58. The first-order chi connectivity index (χ1) is 13.9. The molecule has 0 radical (unpaired) electrons. The molecule has 0 bridgehead atoms. The highest BCUT2D eigenvalue weighted by Gasteiger charge is 2.21. The molecule has 0 aromatic heterocycles. The van der Waals surface area contributed by atoms with Crippen LogP contribution in [0.25, 0.3) is 0 Å². The van der Waals surface area contributed by atoms with Gasteiger partial charge in [-0.1, -0.05) is 0 Å². The van der Waals surface area contributed by atoms with Crippen LogP contribution in [-0.4, -0.2) is 41.3 Å². The second kappa shape index (κ2) is 11.3. The first-order valence-corrected chi connectivity index (χ1v) is 9.47. The average molecular weight is 430 g/mol. The van der Waals surface area contributed by atoms with E-state index in [-0.39, 0.29) is 50.0 Å². The summed E-state index contributed by atoms with van der Waals surface area (Å²) in [7, 11) is 0. The van der Waals surface area contributed by atoms with Crippen molar-refractivity contribution in [2.75, 3.05) is 6.61 Å². The van der Waals surface area contributed by atoms with Crippen LogP contribution < -0.4 is 15.8 Å². The van der Waals surface area contributed by atoms with E-state index in [4.69, 9.17) is 20.3 Å². The number of amides is 2. The van der Waals surface area contributed by atoms with Crippen LogP contribution in [0.1, 0.15) is 52.0 Å². The number of alkyl carbamates (subject to hydrolysis) is 1. The van der Waals surface area contributed by atoms with Crippen LogP contribution in [0.15, 0.2) is 12.1 Å². The number of hydrogen-bond donors (Lipinski definition) is 3. The van der Waals surface area contributed by atoms with Gasteiger partial charge < -0.3 is 25.6 Å². The van der Waals surface area contributed by atoms with Gasteiger partial charge in [0.15, 0.2) is 11.6 Å². The van der Waals surface area contributed by atoms with Crippen molar-refractivity contribution in [3.63, 3.8) is 0 Å². The minimum Gasteiger partial charge on any atom is -0.488 e. The molecule has 4 N–H and O–H groups in total. The Labute approximate surface area is 173 Å². The van der Waals surface area contributed by atoms with Crippen molar-refractivity contribution in [2.45, 2.75) is 64.5 Å². The zero-order valence-electron chi connectivity index (χ0n) is 17.3. The van der Waals surface area contributed by atoms with Gasteiger partial charge in [-0.3, -0.25) is 9.59 Å². The van der Waals surface area contributed by atoms with Crippen LogP contribution in [0.2, 0.25) is 0 Å². The third-order valence-electron chi connectivity index (χ3n) is 3.82. The molecule has 1 atom stereocenters. The summed E-state index contributed by atoms with van der Waals surface area (Å²) in [6, 6.07) is 1.09. The van der Waals surface area contributed by atoms with E-state index >= 15 is 0 Å². The number of halogens is 2. The number of carbonyl (C=O) groups excluding carboxylic acids is 2. The maximum atomic E-state index is 14.6. The number of aryl methyl sites for hydroxylation is 1. The van der Waals surface area contributed by atoms with E-state index in [1.165, 1.54) is 0 Å². The SMILES string of the molecule is CC(C)(C)OC(=O)NC(CCC(N)=O)COc1cc(F)cc(CCCC(=O)O)c1F. The van der Waals surface area contributed by atoms with Gasteiger partial charge in [-0.15, -0.1) is 0 Å². The summed E-state index contributed by atoms with van der Waals surface area (Å²) in [4.78, 5) is 33.7. The quantitative estimate of drug-likeness (QED) is 0.495. The summed E-state index contributed by atoms with van der Waals surface area (Å²) in [6.07, 6.45) is -0.729. The Hall–Kier alpha value is -2.91. The van der Waals surface area contributed by atoms with Crippen LogP contribution in [0.3, 0.4) is 0 Å². The van der Waals surface area contributed by atoms with E-state index in [1.807, 2.05) is 0 Å². The fraction of sp³-hybridized carbons (Fsp3) is 0.550. The molecule has 0 fully saturated rings. The van der Waals surface area contributed by atoms with Gasteiger partial charge in [-0.2, -0.15) is 0 Å². The van der Waals surface area contributed by atoms with Crippen LogP contribution in [0.4, 0.5) is 13.6 Å². The monoisotopic (exact) mass is 430 g/mol. The van der Waals surface area contributed by atoms with Gasteiger partial charge in [0.2, 0.25) is 5.91 Å². The van der Waals surface area contributed by atoms with E-state index in [0.717, 1.165) is 12.1 Å². The predicted molar refractivity (Wildman–Crippen MR) is 104 cm³/mol. The largest absolute Gasteiger partial charge is 0.488 e. The second-order valence-corrected chi connectivity index (χ2v) is 7.78. The summed E-state index contributed by atoms with van der Waals surface area (Å²) < 4.78 is 39.0. The number of primary amides is 1. The molecule has 0 aliphatic carbocycles. The zero-order chi connectivity index (χ0) is 22.9. The van der Waals surface area contributed by atoms with Crippen LogP contribution in [0, 0.1) is 11.6 Å². The van der Waals surface area contributed by atoms with E-state index in [2.05, 4.69) is 5.32 Å². The summed E-state index contributed by atoms with van der Waals surface area (Å²) in [6.45, 7) is 4.77. The molecular weight excluding hydrogens is 402 g/mol. The first kappa shape index (κ1) is 25.1. The van der Waals surface area contributed by atoms with Crippen molar-refractivity contribution in [3.8, 4) is 5.75 Å². The van der Waals surface area contributed by atoms with Gasteiger partial charge in [-0.25, -0.2) is 13.6 Å². The van der Waals surface area contributed by atoms with Crippen LogP contribution in [0.5, 0.6) is 5.75 Å². The lowest BCUT2D eigenvalue weighted by Gasteiger charge is -2.24. The van der Waals surface area contributed by atoms with Crippen molar-refractivity contribution in [1.29, 1.82) is 0 Å². The van der Waals surface area contributed by atoms with Gasteiger partial charge in [0.1, 0.15) is 18.0 Å². The molecule has 8 nitrogen and oxygen atoms in total. The molecule has 1 unspecified atom stereocenters. The predicted octanol–water partition coefficient (Wildman–Crippen LogP) is 2.91. The molecule has 0 aliphatic rings. The maximum absolute atomic E-state index is 14.6. The maximum Gasteiger partial charge on any atom is 0.407 e. The number of nitrogens with one attached hydrogen (secondary N) is 1. The zero-order valence-corrected chi connectivity index (χ0v) is 17.3. The Morgan fingerprint density at radius 1 is 1.20 bits per heavy atom. The standard InChI is InChI=1S/C20H28F2N2O6/c1-20(2,3)30-19(28)24-14(7-8-16(23)25)11-29-15-10-13(21)9-12(18(15)22)5-4-6-17(26)27/h9-10,14H,4-8,11H2,1-3H3,(H2,23,25)(H,24,28)(H,26,27). The Morgan fingerprint density at radius 3 is 2.43 bits per heavy atom. The molecule has 30 heavy (non-hydrogen) atoms. The number of hydrogen-bond acceptors (Lipinski definition) is 5. The molecule has 0 saturated carbocycles. The number of carboxylic acids is 1. The lowest BCUT2D eigenvalue weighted by atomic mass is 10.1. The van der Waals surface area contributed by atoms with Gasteiger partial charge >= 0.3 is 12.1 Å². The number of aliphatic carboxylic acids is 1. The molecule has 1 aromatic rings. The second-order valence-electron chi connectivity index (χ2n) is 7.78. The molecule has 0 aliphatic heterocycles. The van der Waals surface area contributed by atoms with Crippen molar-refractivity contribution in [3.05, 3.63) is 29.3 Å². The van der Waals surface area contributed by atoms with E-state index in [0.29, 0.717) is 0 Å². The molecule has 1 aromatic carbocycles. The number of ether oxygens (including phenoxy) is 2. The summed E-state index contributed by atoms with van der Waals surface area (Å²) in [5, 5.41) is 11.2. The summed E-state index contributed by atoms with van der Waals surface area (Å²) in [5.74, 6) is -3.56. The summed E-state index contributed by atoms with van der Waals surface area (Å²) >= 11 is 0. The Balaban J connectivity index is 2.85. The minimum absolute atomic E-state index is 0.0139. The van der Waals surface area contributed by atoms with Crippen molar-refractivity contribution >= 4 is 18.0 Å². The fourth-order valence-electron chi connectivity index (χ4n) is 2.51. The van der Waals surface area contributed by atoms with Gasteiger partial charge in [-0.05, 0) is 51.7 Å². The highest BCUT2D eigenvalue weighted by atomic mass is 19.1. The smallest absolute Gasteiger partial charge is 0.407 e. The molecule has 2 amide bonds. The van der Waals surface area contributed by atoms with Gasteiger partial charge in [0, 0.05) is 18.9 Å². The highest BCUT2D eigenvalue weighted by molar-refractivity contribution is 5.74. The third kappa shape index (κ3) is 10.0. The van der Waals surface area contributed by atoms with Crippen molar-refractivity contribution in [1.82, 2.24) is 5.32 Å². The topological polar surface area (TPSA) is 128 Å². The molecule has 0 spiro atoms. The minimum atomic E-state index is -1.03. The van der Waals surface area contributed by atoms with Gasteiger partial charge in [0.05, 0.1) is 6.04 Å². The number of nitrogens with two attached hydrogens (primary N) is 1.